The van der Waals surface area contributed by atoms with Crippen molar-refractivity contribution in [2.45, 2.75) is 38.0 Å². The van der Waals surface area contributed by atoms with E-state index in [0.29, 0.717) is 11.8 Å². The molecule has 0 N–H and O–H groups in total. The highest BCUT2D eigenvalue weighted by Gasteiger charge is 2.21. The summed E-state index contributed by atoms with van der Waals surface area (Å²) in [6, 6.07) is 7.95. The van der Waals surface area contributed by atoms with Gasteiger partial charge in [0.15, 0.2) is 0 Å². The van der Waals surface area contributed by atoms with Crippen molar-refractivity contribution in [3.63, 3.8) is 0 Å². The first-order valence-electron chi connectivity index (χ1n) is 6.42. The van der Waals surface area contributed by atoms with Gasteiger partial charge in [0.05, 0.1) is 0 Å². The number of hydrogen-bond acceptors (Lipinski definition) is 3. The number of aromatic nitrogens is 2. The molecule has 1 saturated carbocycles. The monoisotopic (exact) mass is 306 g/mol. The number of nitrogens with zero attached hydrogens (tertiary/aromatic N) is 2. The summed E-state index contributed by atoms with van der Waals surface area (Å²) < 4.78 is 6.87. The van der Waals surface area contributed by atoms with Gasteiger partial charge in [-0.1, -0.05) is 35.2 Å². The zero-order chi connectivity index (χ0) is 12.4. The van der Waals surface area contributed by atoms with Gasteiger partial charge in [0.2, 0.25) is 11.8 Å². The molecular weight excluding hydrogens is 292 g/mol. The molecule has 0 bridgehead atoms. The molecule has 94 valence electrons. The highest BCUT2D eigenvalue weighted by atomic mass is 79.9. The summed E-state index contributed by atoms with van der Waals surface area (Å²) in [5.41, 5.74) is 0.979. The van der Waals surface area contributed by atoms with Crippen molar-refractivity contribution in [2.75, 3.05) is 0 Å². The van der Waals surface area contributed by atoms with E-state index in [2.05, 4.69) is 26.1 Å². The van der Waals surface area contributed by atoms with Crippen molar-refractivity contribution in [1.29, 1.82) is 0 Å². The average Bonchev–Trinajstić information content (AvgIpc) is 2.90. The van der Waals surface area contributed by atoms with Crippen LogP contribution in [0.3, 0.4) is 0 Å². The fourth-order valence-electron chi connectivity index (χ4n) is 2.46. The number of benzene rings is 1. The molecule has 0 unspecified atom stereocenters. The molecule has 0 aliphatic heterocycles. The predicted molar refractivity (Wildman–Crippen MR) is 73.3 cm³/mol. The lowest BCUT2D eigenvalue weighted by atomic mass is 9.89. The van der Waals surface area contributed by atoms with E-state index in [9.17, 15) is 0 Å². The summed E-state index contributed by atoms with van der Waals surface area (Å²) in [5.74, 6) is 1.91. The summed E-state index contributed by atoms with van der Waals surface area (Å²) >= 11 is 3.42. The van der Waals surface area contributed by atoms with Gasteiger partial charge in [0.1, 0.15) is 0 Å². The zero-order valence-electron chi connectivity index (χ0n) is 10.1. The van der Waals surface area contributed by atoms with Crippen molar-refractivity contribution in [1.82, 2.24) is 10.2 Å². The summed E-state index contributed by atoms with van der Waals surface area (Å²) in [7, 11) is 0. The summed E-state index contributed by atoms with van der Waals surface area (Å²) in [6.45, 7) is 0. The molecule has 1 aromatic heterocycles. The number of rotatable bonds is 2. The fraction of sp³-hybridized carbons (Fsp3) is 0.429. The second kappa shape index (κ2) is 5.22. The van der Waals surface area contributed by atoms with Crippen molar-refractivity contribution >= 4 is 15.9 Å². The summed E-state index contributed by atoms with van der Waals surface area (Å²) in [5, 5.41) is 8.37. The lowest BCUT2D eigenvalue weighted by Crippen LogP contribution is -2.04. The summed E-state index contributed by atoms with van der Waals surface area (Å²) in [4.78, 5) is 0. The van der Waals surface area contributed by atoms with Gasteiger partial charge in [0.25, 0.3) is 0 Å². The average molecular weight is 307 g/mol. The van der Waals surface area contributed by atoms with Gasteiger partial charge in [-0.2, -0.15) is 0 Å². The molecule has 2 aromatic rings. The molecule has 1 aromatic carbocycles. The van der Waals surface area contributed by atoms with E-state index in [-0.39, 0.29) is 0 Å². The van der Waals surface area contributed by atoms with Crippen molar-refractivity contribution in [3.05, 3.63) is 34.6 Å². The third kappa shape index (κ3) is 2.48. The normalized spacial score (nSPS) is 16.9. The van der Waals surface area contributed by atoms with E-state index in [1.807, 2.05) is 24.3 Å². The quantitative estimate of drug-likeness (QED) is 0.817. The first-order valence-corrected chi connectivity index (χ1v) is 7.21. The van der Waals surface area contributed by atoms with Crippen LogP contribution in [-0.4, -0.2) is 10.2 Å². The van der Waals surface area contributed by atoms with Crippen LogP contribution in [0.4, 0.5) is 0 Å². The smallest absolute Gasteiger partial charge is 0.247 e. The maximum absolute atomic E-state index is 5.81. The lowest BCUT2D eigenvalue weighted by molar-refractivity contribution is 0.367. The predicted octanol–water partition coefficient (Wildman–Crippen LogP) is 4.55. The Bertz CT molecular complexity index is 515. The minimum absolute atomic E-state index is 0.468. The zero-order valence-corrected chi connectivity index (χ0v) is 11.7. The first-order chi connectivity index (χ1) is 8.83. The molecule has 0 amide bonds. The minimum Gasteiger partial charge on any atom is -0.420 e. The third-order valence-electron chi connectivity index (χ3n) is 3.49. The second-order valence-corrected chi connectivity index (χ2v) is 5.70. The highest BCUT2D eigenvalue weighted by molar-refractivity contribution is 9.10. The highest BCUT2D eigenvalue weighted by Crippen LogP contribution is 2.33. The van der Waals surface area contributed by atoms with Crippen LogP contribution in [0.25, 0.3) is 11.5 Å². The molecule has 0 atom stereocenters. The number of halogens is 1. The molecule has 1 fully saturated rings. The Hall–Kier alpha value is -1.16. The lowest BCUT2D eigenvalue weighted by Gasteiger charge is -2.17. The van der Waals surface area contributed by atoms with Crippen LogP contribution in [0.5, 0.6) is 0 Å². The van der Waals surface area contributed by atoms with Gasteiger partial charge in [0, 0.05) is 16.0 Å². The molecule has 4 heteroatoms. The molecule has 0 spiro atoms. The van der Waals surface area contributed by atoms with Gasteiger partial charge in [-0.15, -0.1) is 10.2 Å². The van der Waals surface area contributed by atoms with Gasteiger partial charge < -0.3 is 4.42 Å². The standard InChI is InChI=1S/C14H15BrN2O/c15-12-8-6-11(7-9-12)14-17-16-13(18-14)10-4-2-1-3-5-10/h6-10H,1-5H2. The van der Waals surface area contributed by atoms with E-state index >= 15 is 0 Å². The van der Waals surface area contributed by atoms with Gasteiger partial charge >= 0.3 is 0 Å². The van der Waals surface area contributed by atoms with Crippen LogP contribution < -0.4 is 0 Å². The van der Waals surface area contributed by atoms with E-state index in [1.54, 1.807) is 0 Å². The molecule has 1 aliphatic rings. The van der Waals surface area contributed by atoms with Crippen molar-refractivity contribution in [3.8, 4) is 11.5 Å². The van der Waals surface area contributed by atoms with E-state index < -0.39 is 0 Å². The Balaban J connectivity index is 1.82. The number of hydrogen-bond donors (Lipinski definition) is 0. The largest absolute Gasteiger partial charge is 0.420 e. The van der Waals surface area contributed by atoms with Gasteiger partial charge in [-0.05, 0) is 37.1 Å². The Morgan fingerprint density at radius 3 is 2.44 bits per heavy atom. The molecule has 1 heterocycles. The molecule has 1 aliphatic carbocycles. The topological polar surface area (TPSA) is 38.9 Å². The van der Waals surface area contributed by atoms with Crippen LogP contribution in [-0.2, 0) is 0 Å². The minimum atomic E-state index is 0.468. The van der Waals surface area contributed by atoms with Gasteiger partial charge in [-0.3, -0.25) is 0 Å². The van der Waals surface area contributed by atoms with Gasteiger partial charge in [-0.25, -0.2) is 0 Å². The second-order valence-electron chi connectivity index (χ2n) is 4.79. The first kappa shape index (κ1) is 11.9. The molecule has 18 heavy (non-hydrogen) atoms. The maximum atomic E-state index is 5.81. The molecule has 3 nitrogen and oxygen atoms in total. The van der Waals surface area contributed by atoms with Crippen LogP contribution in [0.15, 0.2) is 33.2 Å². The molecule has 0 saturated heterocycles. The van der Waals surface area contributed by atoms with E-state index in [4.69, 9.17) is 4.42 Å². The molecule has 3 rings (SSSR count). The summed E-state index contributed by atoms with van der Waals surface area (Å²) in [6.07, 6.45) is 6.26. The Morgan fingerprint density at radius 2 is 1.72 bits per heavy atom. The van der Waals surface area contributed by atoms with Crippen LogP contribution >= 0.6 is 15.9 Å². The molecule has 0 radical (unpaired) electrons. The Kier molecular flexibility index (Phi) is 3.46. The van der Waals surface area contributed by atoms with Crippen molar-refractivity contribution < 1.29 is 4.42 Å². The third-order valence-corrected chi connectivity index (χ3v) is 4.01. The van der Waals surface area contributed by atoms with Crippen LogP contribution in [0, 0.1) is 0 Å². The molecular formula is C14H15BrN2O. The van der Waals surface area contributed by atoms with E-state index in [0.717, 1.165) is 15.9 Å². The Morgan fingerprint density at radius 1 is 1.00 bits per heavy atom. The van der Waals surface area contributed by atoms with Crippen LogP contribution in [0.1, 0.15) is 43.9 Å². The Labute approximate surface area is 115 Å². The SMILES string of the molecule is Brc1ccc(-c2nnc(C3CCCCC3)o2)cc1. The van der Waals surface area contributed by atoms with E-state index in [1.165, 1.54) is 32.1 Å². The maximum Gasteiger partial charge on any atom is 0.247 e. The van der Waals surface area contributed by atoms with Crippen molar-refractivity contribution in [2.24, 2.45) is 0 Å². The van der Waals surface area contributed by atoms with Crippen LogP contribution in [0.2, 0.25) is 0 Å². The fourth-order valence-corrected chi connectivity index (χ4v) is 2.72.